The van der Waals surface area contributed by atoms with E-state index in [0.29, 0.717) is 6.54 Å². The molecule has 0 amide bonds. The van der Waals surface area contributed by atoms with Gasteiger partial charge in [-0.2, -0.15) is 5.10 Å². The fraction of sp³-hybridized carbons (Fsp3) is 0.400. The molecular weight excluding hydrogens is 325 g/mol. The van der Waals surface area contributed by atoms with Gasteiger partial charge in [0.15, 0.2) is 0 Å². The van der Waals surface area contributed by atoms with Crippen LogP contribution in [0, 0.1) is 6.92 Å². The lowest BCUT2D eigenvalue weighted by Crippen LogP contribution is -2.41. The van der Waals surface area contributed by atoms with Crippen LogP contribution in [0.25, 0.3) is 10.8 Å². The van der Waals surface area contributed by atoms with Crippen LogP contribution in [0.15, 0.2) is 42.9 Å². The molecule has 0 spiro atoms. The van der Waals surface area contributed by atoms with Crippen LogP contribution < -0.4 is 5.46 Å². The fourth-order valence-corrected chi connectivity index (χ4v) is 3.21. The van der Waals surface area contributed by atoms with E-state index in [1.807, 2.05) is 36.3 Å². The molecule has 1 aromatic carbocycles. The molecule has 1 saturated heterocycles. The number of hydrogen-bond acceptors (Lipinski definition) is 4. The predicted molar refractivity (Wildman–Crippen MR) is 104 cm³/mol. The predicted octanol–water partition coefficient (Wildman–Crippen LogP) is 3.09. The number of fused-ring (bicyclic) bond motifs is 1. The van der Waals surface area contributed by atoms with E-state index in [-0.39, 0.29) is 18.3 Å². The first kappa shape index (κ1) is 17.2. The third kappa shape index (κ3) is 2.93. The summed E-state index contributed by atoms with van der Waals surface area (Å²) in [6, 6.07) is 8.50. The number of aryl methyl sites for hydroxylation is 1. The Labute approximate surface area is 154 Å². The first-order valence-electron chi connectivity index (χ1n) is 8.97. The second-order valence-corrected chi connectivity index (χ2v) is 8.01. The standard InChI is InChI=1S/C20H24BN3O2/c1-14-18-10-15(6-7-16(18)8-9-22-14)12-24-13-17(11-23-24)21-25-19(2,3)20(4,5)26-21/h6-11,13H,12H2,1-5H3. The number of nitrogens with zero attached hydrogens (tertiary/aromatic N) is 3. The maximum atomic E-state index is 6.10. The van der Waals surface area contributed by atoms with Crippen LogP contribution in [-0.2, 0) is 15.9 Å². The van der Waals surface area contributed by atoms with Gasteiger partial charge in [0.25, 0.3) is 0 Å². The van der Waals surface area contributed by atoms with Gasteiger partial charge >= 0.3 is 7.12 Å². The molecule has 0 N–H and O–H groups in total. The highest BCUT2D eigenvalue weighted by Gasteiger charge is 2.52. The summed E-state index contributed by atoms with van der Waals surface area (Å²) in [6.07, 6.45) is 5.68. The van der Waals surface area contributed by atoms with Gasteiger partial charge in [-0.05, 0) is 57.7 Å². The van der Waals surface area contributed by atoms with Gasteiger partial charge in [-0.3, -0.25) is 9.67 Å². The Hall–Kier alpha value is -2.18. The summed E-state index contributed by atoms with van der Waals surface area (Å²) in [5, 5.41) is 6.89. The van der Waals surface area contributed by atoms with E-state index in [2.05, 4.69) is 56.0 Å². The Morgan fingerprint density at radius 2 is 1.81 bits per heavy atom. The zero-order valence-electron chi connectivity index (χ0n) is 16.0. The minimum atomic E-state index is -0.378. The van der Waals surface area contributed by atoms with Gasteiger partial charge in [0, 0.05) is 35.1 Å². The van der Waals surface area contributed by atoms with E-state index < -0.39 is 0 Å². The molecule has 6 heteroatoms. The van der Waals surface area contributed by atoms with Crippen molar-refractivity contribution in [2.45, 2.75) is 52.4 Å². The van der Waals surface area contributed by atoms with Gasteiger partial charge in [0.05, 0.1) is 17.7 Å². The molecule has 1 fully saturated rings. The highest BCUT2D eigenvalue weighted by atomic mass is 16.7. The third-order valence-corrected chi connectivity index (χ3v) is 5.55. The Balaban J connectivity index is 1.55. The fourth-order valence-electron chi connectivity index (χ4n) is 3.21. The van der Waals surface area contributed by atoms with E-state index in [1.54, 1.807) is 0 Å². The Kier molecular flexibility index (Phi) is 3.93. The first-order valence-corrected chi connectivity index (χ1v) is 8.97. The van der Waals surface area contributed by atoms with E-state index in [1.165, 1.54) is 16.3 Å². The second kappa shape index (κ2) is 5.93. The minimum Gasteiger partial charge on any atom is -0.399 e. The topological polar surface area (TPSA) is 49.2 Å². The molecule has 1 aliphatic rings. The molecular formula is C20H24BN3O2. The van der Waals surface area contributed by atoms with Gasteiger partial charge in [-0.15, -0.1) is 0 Å². The van der Waals surface area contributed by atoms with Crippen LogP contribution in [0.5, 0.6) is 0 Å². The molecule has 0 bridgehead atoms. The van der Waals surface area contributed by atoms with Gasteiger partial charge < -0.3 is 9.31 Å². The van der Waals surface area contributed by atoms with Crippen molar-refractivity contribution < 1.29 is 9.31 Å². The Morgan fingerprint density at radius 3 is 2.54 bits per heavy atom. The van der Waals surface area contributed by atoms with Crippen molar-refractivity contribution in [3.05, 3.63) is 54.1 Å². The summed E-state index contributed by atoms with van der Waals surface area (Å²) in [5.41, 5.74) is 2.49. The summed E-state index contributed by atoms with van der Waals surface area (Å²) in [5.74, 6) is 0. The smallest absolute Gasteiger partial charge is 0.399 e. The van der Waals surface area contributed by atoms with Crippen molar-refractivity contribution in [1.29, 1.82) is 0 Å². The lowest BCUT2D eigenvalue weighted by molar-refractivity contribution is 0.00578. The quantitative estimate of drug-likeness (QED) is 0.682. The first-order chi connectivity index (χ1) is 12.2. The molecule has 2 aromatic heterocycles. The molecule has 3 aromatic rings. The number of hydrogen-bond donors (Lipinski definition) is 0. The molecule has 0 radical (unpaired) electrons. The Bertz CT molecular complexity index is 949. The van der Waals surface area contributed by atoms with E-state index in [4.69, 9.17) is 9.31 Å². The summed E-state index contributed by atoms with van der Waals surface area (Å²) >= 11 is 0. The maximum absolute atomic E-state index is 6.10. The Morgan fingerprint density at radius 1 is 1.08 bits per heavy atom. The molecule has 26 heavy (non-hydrogen) atoms. The summed E-state index contributed by atoms with van der Waals surface area (Å²) in [6.45, 7) is 11.0. The molecule has 0 unspecified atom stereocenters. The summed E-state index contributed by atoms with van der Waals surface area (Å²) in [7, 11) is -0.378. The number of aromatic nitrogens is 3. The van der Waals surface area contributed by atoms with Crippen LogP contribution >= 0.6 is 0 Å². The van der Waals surface area contributed by atoms with Crippen LogP contribution in [0.4, 0.5) is 0 Å². The highest BCUT2D eigenvalue weighted by molar-refractivity contribution is 6.62. The highest BCUT2D eigenvalue weighted by Crippen LogP contribution is 2.36. The minimum absolute atomic E-state index is 0.345. The largest absolute Gasteiger partial charge is 0.498 e. The average molecular weight is 349 g/mol. The molecule has 134 valence electrons. The van der Waals surface area contributed by atoms with Crippen molar-refractivity contribution in [1.82, 2.24) is 14.8 Å². The van der Waals surface area contributed by atoms with Gasteiger partial charge in [0.2, 0.25) is 0 Å². The van der Waals surface area contributed by atoms with Gasteiger partial charge in [0.1, 0.15) is 0 Å². The molecule has 0 aliphatic carbocycles. The maximum Gasteiger partial charge on any atom is 0.498 e. The zero-order chi connectivity index (χ0) is 18.5. The summed E-state index contributed by atoms with van der Waals surface area (Å²) < 4.78 is 14.1. The molecule has 1 aliphatic heterocycles. The molecule has 0 atom stereocenters. The van der Waals surface area contributed by atoms with Crippen molar-refractivity contribution in [2.24, 2.45) is 0 Å². The molecule has 5 nitrogen and oxygen atoms in total. The lowest BCUT2D eigenvalue weighted by atomic mass is 9.82. The van der Waals surface area contributed by atoms with Crippen molar-refractivity contribution in [3.63, 3.8) is 0 Å². The molecule has 0 saturated carbocycles. The van der Waals surface area contributed by atoms with Crippen molar-refractivity contribution in [2.75, 3.05) is 0 Å². The van der Waals surface area contributed by atoms with Crippen LogP contribution in [-0.4, -0.2) is 33.1 Å². The average Bonchev–Trinajstić information content (AvgIpc) is 3.11. The van der Waals surface area contributed by atoms with E-state index in [9.17, 15) is 0 Å². The van der Waals surface area contributed by atoms with Crippen LogP contribution in [0.3, 0.4) is 0 Å². The monoisotopic (exact) mass is 349 g/mol. The molecule has 4 rings (SSSR count). The number of pyridine rings is 1. The van der Waals surface area contributed by atoms with Crippen molar-refractivity contribution >= 4 is 23.4 Å². The van der Waals surface area contributed by atoms with Crippen molar-refractivity contribution in [3.8, 4) is 0 Å². The summed E-state index contributed by atoms with van der Waals surface area (Å²) in [4.78, 5) is 4.38. The SMILES string of the molecule is Cc1nccc2ccc(Cn3cc(B4OC(C)(C)C(C)(C)O4)cn3)cc12. The normalized spacial score (nSPS) is 18.6. The number of benzene rings is 1. The van der Waals surface area contributed by atoms with Gasteiger partial charge in [-0.1, -0.05) is 12.1 Å². The number of rotatable bonds is 3. The third-order valence-electron chi connectivity index (χ3n) is 5.55. The van der Waals surface area contributed by atoms with E-state index >= 15 is 0 Å². The van der Waals surface area contributed by atoms with E-state index in [0.717, 1.165) is 11.2 Å². The lowest BCUT2D eigenvalue weighted by Gasteiger charge is -2.32. The van der Waals surface area contributed by atoms with Crippen LogP contribution in [0.1, 0.15) is 39.0 Å². The molecule has 3 heterocycles. The van der Waals surface area contributed by atoms with Gasteiger partial charge in [-0.25, -0.2) is 0 Å². The zero-order valence-corrected chi connectivity index (χ0v) is 16.0. The van der Waals surface area contributed by atoms with Crippen LogP contribution in [0.2, 0.25) is 0 Å². The second-order valence-electron chi connectivity index (χ2n) is 8.01.